The first-order chi connectivity index (χ1) is 14.0. The van der Waals surface area contributed by atoms with E-state index in [1.807, 2.05) is 30.3 Å². The molecular formula is C23H18N2O4. The highest BCUT2D eigenvalue weighted by Gasteiger charge is 2.25. The van der Waals surface area contributed by atoms with Gasteiger partial charge in [-0.05, 0) is 31.2 Å². The predicted molar refractivity (Wildman–Crippen MR) is 106 cm³/mol. The van der Waals surface area contributed by atoms with Crippen LogP contribution in [0.25, 0.3) is 5.57 Å². The first-order valence-electron chi connectivity index (χ1n) is 8.96. The molecule has 29 heavy (non-hydrogen) atoms. The maximum absolute atomic E-state index is 11.4. The SMILES string of the molecule is C=C(C)C(=O)OCCCOc1ccc2c(c1)C(=C(C#N)C#N)c1ccccc1O2. The largest absolute Gasteiger partial charge is 0.493 e. The Hall–Kier alpha value is -4.03. The minimum absolute atomic E-state index is 0.00542. The number of carbonyl (C=O) groups is 1. The van der Waals surface area contributed by atoms with E-state index in [1.54, 1.807) is 31.2 Å². The molecular weight excluding hydrogens is 368 g/mol. The number of esters is 1. The van der Waals surface area contributed by atoms with Crippen LogP contribution < -0.4 is 9.47 Å². The van der Waals surface area contributed by atoms with Crippen LogP contribution in [-0.2, 0) is 9.53 Å². The van der Waals surface area contributed by atoms with E-state index in [1.165, 1.54) is 0 Å². The Morgan fingerprint density at radius 2 is 1.79 bits per heavy atom. The number of rotatable bonds is 6. The van der Waals surface area contributed by atoms with Gasteiger partial charge in [-0.25, -0.2) is 4.79 Å². The van der Waals surface area contributed by atoms with E-state index < -0.39 is 5.97 Å². The molecule has 3 rings (SSSR count). The van der Waals surface area contributed by atoms with E-state index in [0.717, 1.165) is 0 Å². The van der Waals surface area contributed by atoms with Gasteiger partial charge in [-0.2, -0.15) is 10.5 Å². The third-order valence-corrected chi connectivity index (χ3v) is 4.21. The van der Waals surface area contributed by atoms with Gasteiger partial charge in [0.05, 0.1) is 13.2 Å². The Morgan fingerprint density at radius 3 is 2.52 bits per heavy atom. The van der Waals surface area contributed by atoms with E-state index >= 15 is 0 Å². The number of nitrogens with zero attached hydrogens (tertiary/aromatic N) is 2. The van der Waals surface area contributed by atoms with Crippen molar-refractivity contribution < 1.29 is 19.0 Å². The Labute approximate surface area is 168 Å². The summed E-state index contributed by atoms with van der Waals surface area (Å²) in [5.74, 6) is 1.27. The summed E-state index contributed by atoms with van der Waals surface area (Å²) in [4.78, 5) is 11.4. The van der Waals surface area contributed by atoms with Crippen LogP contribution in [-0.4, -0.2) is 19.2 Å². The molecule has 0 fully saturated rings. The second-order valence-electron chi connectivity index (χ2n) is 6.35. The number of hydrogen-bond acceptors (Lipinski definition) is 6. The van der Waals surface area contributed by atoms with E-state index in [2.05, 4.69) is 6.58 Å². The number of ether oxygens (including phenoxy) is 3. The molecule has 0 atom stereocenters. The Balaban J connectivity index is 1.80. The van der Waals surface area contributed by atoms with E-state index in [0.29, 0.717) is 52.5 Å². The highest BCUT2D eigenvalue weighted by atomic mass is 16.5. The van der Waals surface area contributed by atoms with Crippen LogP contribution in [0, 0.1) is 22.7 Å². The molecule has 1 heterocycles. The molecule has 0 unspecified atom stereocenters. The van der Waals surface area contributed by atoms with Crippen molar-refractivity contribution in [1.29, 1.82) is 10.5 Å². The quantitative estimate of drug-likeness (QED) is 0.267. The maximum atomic E-state index is 11.4. The molecule has 6 heteroatoms. The number of fused-ring (bicyclic) bond motifs is 2. The molecule has 1 aliphatic rings. The van der Waals surface area contributed by atoms with Gasteiger partial charge in [-0.15, -0.1) is 0 Å². The predicted octanol–water partition coefficient (Wildman–Crippen LogP) is 4.53. The molecule has 0 aromatic heterocycles. The number of nitriles is 2. The molecule has 0 aliphatic carbocycles. The molecule has 2 aromatic rings. The molecule has 0 saturated carbocycles. The molecule has 6 nitrogen and oxygen atoms in total. The third-order valence-electron chi connectivity index (χ3n) is 4.21. The molecule has 0 radical (unpaired) electrons. The minimum Gasteiger partial charge on any atom is -0.493 e. The van der Waals surface area contributed by atoms with Crippen molar-refractivity contribution in [3.05, 3.63) is 71.3 Å². The fourth-order valence-electron chi connectivity index (χ4n) is 2.85. The van der Waals surface area contributed by atoms with Crippen molar-refractivity contribution in [2.24, 2.45) is 0 Å². The van der Waals surface area contributed by atoms with Gasteiger partial charge >= 0.3 is 5.97 Å². The second-order valence-corrected chi connectivity index (χ2v) is 6.35. The van der Waals surface area contributed by atoms with Gasteiger partial charge in [0.25, 0.3) is 0 Å². The van der Waals surface area contributed by atoms with Crippen LogP contribution in [0.5, 0.6) is 17.2 Å². The smallest absolute Gasteiger partial charge is 0.333 e. The van der Waals surface area contributed by atoms with Crippen LogP contribution in [0.3, 0.4) is 0 Å². The highest BCUT2D eigenvalue weighted by molar-refractivity contribution is 5.93. The lowest BCUT2D eigenvalue weighted by molar-refractivity contribution is -0.139. The fraction of sp³-hybridized carbons (Fsp3) is 0.174. The van der Waals surface area contributed by atoms with Crippen LogP contribution >= 0.6 is 0 Å². The van der Waals surface area contributed by atoms with Gasteiger partial charge in [0.1, 0.15) is 35.0 Å². The standard InChI is InChI=1S/C23H18N2O4/c1-15(2)23(26)28-11-5-10-27-17-8-9-21-19(12-17)22(16(13-24)14-25)18-6-3-4-7-20(18)29-21/h3-4,6-9,12H,1,5,10-11H2,2H3. The lowest BCUT2D eigenvalue weighted by atomic mass is 9.90. The molecule has 0 N–H and O–H groups in total. The van der Waals surface area contributed by atoms with Crippen molar-refractivity contribution in [2.75, 3.05) is 13.2 Å². The van der Waals surface area contributed by atoms with Crippen molar-refractivity contribution in [2.45, 2.75) is 13.3 Å². The number of benzene rings is 2. The summed E-state index contributed by atoms with van der Waals surface area (Å²) in [7, 11) is 0. The zero-order valence-corrected chi connectivity index (χ0v) is 15.9. The first kappa shape index (κ1) is 19.7. The van der Waals surface area contributed by atoms with Gasteiger partial charge < -0.3 is 14.2 Å². The zero-order valence-electron chi connectivity index (χ0n) is 15.9. The summed E-state index contributed by atoms with van der Waals surface area (Å²) in [6.45, 7) is 5.68. The van der Waals surface area contributed by atoms with E-state index in [-0.39, 0.29) is 12.2 Å². The van der Waals surface area contributed by atoms with Crippen LogP contribution in [0.4, 0.5) is 0 Å². The normalized spacial score (nSPS) is 11.1. The monoisotopic (exact) mass is 386 g/mol. The molecule has 0 saturated heterocycles. The average Bonchev–Trinajstić information content (AvgIpc) is 2.73. The van der Waals surface area contributed by atoms with Gasteiger partial charge in [0, 0.05) is 28.7 Å². The van der Waals surface area contributed by atoms with Gasteiger partial charge in [0.2, 0.25) is 0 Å². The third kappa shape index (κ3) is 4.28. The second kappa shape index (κ2) is 8.77. The number of allylic oxidation sites excluding steroid dienone is 1. The fourth-order valence-corrected chi connectivity index (χ4v) is 2.85. The Bertz CT molecular complexity index is 1070. The van der Waals surface area contributed by atoms with Crippen molar-refractivity contribution in [1.82, 2.24) is 0 Å². The molecule has 1 aliphatic heterocycles. The summed E-state index contributed by atoms with van der Waals surface area (Å²) in [6.07, 6.45) is 0.514. The van der Waals surface area contributed by atoms with Gasteiger partial charge in [-0.1, -0.05) is 24.8 Å². The van der Waals surface area contributed by atoms with Crippen LogP contribution in [0.1, 0.15) is 24.5 Å². The van der Waals surface area contributed by atoms with Crippen molar-refractivity contribution >= 4 is 11.5 Å². The summed E-state index contributed by atoms with van der Waals surface area (Å²) in [5, 5.41) is 18.9. The summed E-state index contributed by atoms with van der Waals surface area (Å²) < 4.78 is 16.7. The number of carbonyl (C=O) groups excluding carboxylic acids is 1. The molecule has 144 valence electrons. The van der Waals surface area contributed by atoms with Gasteiger partial charge in [0.15, 0.2) is 0 Å². The lowest BCUT2D eigenvalue weighted by Gasteiger charge is -2.23. The number of hydrogen-bond donors (Lipinski definition) is 0. The lowest BCUT2D eigenvalue weighted by Crippen LogP contribution is -2.09. The molecule has 2 aromatic carbocycles. The first-order valence-corrected chi connectivity index (χ1v) is 8.96. The highest BCUT2D eigenvalue weighted by Crippen LogP contribution is 2.45. The molecule has 0 bridgehead atoms. The minimum atomic E-state index is -0.426. The Kier molecular flexibility index (Phi) is 5.97. The summed E-state index contributed by atoms with van der Waals surface area (Å²) in [6, 6.07) is 16.4. The summed E-state index contributed by atoms with van der Waals surface area (Å²) in [5.41, 5.74) is 2.18. The topological polar surface area (TPSA) is 92.3 Å². The van der Waals surface area contributed by atoms with Crippen LogP contribution in [0.15, 0.2) is 60.2 Å². The zero-order chi connectivity index (χ0) is 20.8. The maximum Gasteiger partial charge on any atom is 0.333 e. The molecule has 0 amide bonds. The summed E-state index contributed by atoms with van der Waals surface area (Å²) >= 11 is 0. The van der Waals surface area contributed by atoms with Crippen molar-refractivity contribution in [3.8, 4) is 29.4 Å². The average molecular weight is 386 g/mol. The molecule has 0 spiro atoms. The number of para-hydroxylation sites is 1. The van der Waals surface area contributed by atoms with E-state index in [4.69, 9.17) is 14.2 Å². The van der Waals surface area contributed by atoms with Crippen LogP contribution in [0.2, 0.25) is 0 Å². The van der Waals surface area contributed by atoms with Crippen molar-refractivity contribution in [3.63, 3.8) is 0 Å². The Morgan fingerprint density at radius 1 is 1.07 bits per heavy atom. The van der Waals surface area contributed by atoms with Gasteiger partial charge in [-0.3, -0.25) is 0 Å². The van der Waals surface area contributed by atoms with E-state index in [9.17, 15) is 15.3 Å².